The molecule has 1 aromatic carbocycles. The molecule has 0 radical (unpaired) electrons. The van der Waals surface area contributed by atoms with Gasteiger partial charge in [0.15, 0.2) is 0 Å². The highest BCUT2D eigenvalue weighted by Crippen LogP contribution is 2.20. The molecular formula is C17H27BrClN3O. The molecule has 1 fully saturated rings. The molecule has 1 heterocycles. The number of piperidine rings is 1. The van der Waals surface area contributed by atoms with Gasteiger partial charge in [0, 0.05) is 23.1 Å². The number of carbonyl (C=O) groups excluding carboxylic acids is 1. The summed E-state index contributed by atoms with van der Waals surface area (Å²) in [5, 5.41) is 6.18. The van der Waals surface area contributed by atoms with Crippen molar-refractivity contribution in [3.8, 4) is 0 Å². The molecule has 2 rings (SSSR count). The Morgan fingerprint density at radius 1 is 1.35 bits per heavy atom. The van der Waals surface area contributed by atoms with Crippen molar-refractivity contribution in [1.29, 1.82) is 0 Å². The number of hydrogen-bond acceptors (Lipinski definition) is 3. The van der Waals surface area contributed by atoms with Crippen LogP contribution in [0.2, 0.25) is 0 Å². The van der Waals surface area contributed by atoms with Crippen LogP contribution in [0.15, 0.2) is 28.7 Å². The van der Waals surface area contributed by atoms with Crippen LogP contribution in [-0.2, 0) is 4.79 Å². The summed E-state index contributed by atoms with van der Waals surface area (Å²) >= 11 is 3.41. The minimum absolute atomic E-state index is 0. The van der Waals surface area contributed by atoms with E-state index in [-0.39, 0.29) is 18.3 Å². The maximum absolute atomic E-state index is 12.0. The van der Waals surface area contributed by atoms with Crippen LogP contribution >= 0.6 is 28.3 Å². The number of hydrogen-bond donors (Lipinski definition) is 2. The van der Waals surface area contributed by atoms with Crippen LogP contribution in [-0.4, -0.2) is 44.0 Å². The lowest BCUT2D eigenvalue weighted by Gasteiger charge is -2.31. The number of likely N-dealkylation sites (tertiary alicyclic amines) is 1. The summed E-state index contributed by atoms with van der Waals surface area (Å²) in [4.78, 5) is 14.4. The van der Waals surface area contributed by atoms with Crippen LogP contribution in [0.5, 0.6) is 0 Å². The predicted molar refractivity (Wildman–Crippen MR) is 102 cm³/mol. The maximum Gasteiger partial charge on any atom is 0.225 e. The Bertz CT molecular complexity index is 479. The third kappa shape index (κ3) is 7.66. The minimum Gasteiger partial charge on any atom is -0.326 e. The van der Waals surface area contributed by atoms with Gasteiger partial charge in [-0.15, -0.1) is 12.4 Å². The molecule has 0 unspecified atom stereocenters. The fourth-order valence-corrected chi connectivity index (χ4v) is 3.30. The van der Waals surface area contributed by atoms with Crippen LogP contribution in [0.1, 0.15) is 25.7 Å². The Kier molecular flexibility index (Phi) is 9.79. The Balaban J connectivity index is 0.00000264. The first-order valence-electron chi connectivity index (χ1n) is 8.10. The van der Waals surface area contributed by atoms with E-state index in [1.165, 1.54) is 19.3 Å². The number of halogens is 2. The number of nitrogens with zero attached hydrogens (tertiary/aromatic N) is 1. The number of benzene rings is 1. The van der Waals surface area contributed by atoms with Gasteiger partial charge in [0.1, 0.15) is 0 Å². The lowest BCUT2D eigenvalue weighted by Crippen LogP contribution is -2.36. The highest BCUT2D eigenvalue weighted by Gasteiger charge is 2.19. The minimum atomic E-state index is 0. The van der Waals surface area contributed by atoms with E-state index in [0.29, 0.717) is 6.42 Å². The monoisotopic (exact) mass is 403 g/mol. The SMILES string of the molecule is CNCCC1CCN(CCC(=O)Nc2cccc(Br)c2)CC1.Cl. The van der Waals surface area contributed by atoms with Crippen LogP contribution in [0.25, 0.3) is 0 Å². The van der Waals surface area contributed by atoms with Crippen molar-refractivity contribution in [2.24, 2.45) is 5.92 Å². The first kappa shape index (κ1) is 20.4. The molecule has 0 atom stereocenters. The molecule has 6 heteroatoms. The molecule has 1 saturated heterocycles. The average Bonchev–Trinajstić information content (AvgIpc) is 2.52. The van der Waals surface area contributed by atoms with Gasteiger partial charge in [-0.3, -0.25) is 4.79 Å². The van der Waals surface area contributed by atoms with Gasteiger partial charge in [0.05, 0.1) is 0 Å². The first-order chi connectivity index (χ1) is 10.7. The first-order valence-corrected chi connectivity index (χ1v) is 8.89. The van der Waals surface area contributed by atoms with Gasteiger partial charge >= 0.3 is 0 Å². The molecule has 23 heavy (non-hydrogen) atoms. The molecule has 1 aliphatic rings. The largest absolute Gasteiger partial charge is 0.326 e. The van der Waals surface area contributed by atoms with Gasteiger partial charge in [-0.2, -0.15) is 0 Å². The number of rotatable bonds is 7. The summed E-state index contributed by atoms with van der Waals surface area (Å²) in [6.45, 7) is 4.22. The van der Waals surface area contributed by atoms with E-state index >= 15 is 0 Å². The molecule has 0 aliphatic carbocycles. The molecule has 0 aromatic heterocycles. The zero-order valence-corrected chi connectivity index (χ0v) is 16.1. The molecule has 2 N–H and O–H groups in total. The van der Waals surface area contributed by atoms with Gasteiger partial charge in [0.2, 0.25) is 5.91 Å². The van der Waals surface area contributed by atoms with E-state index in [9.17, 15) is 4.79 Å². The molecule has 4 nitrogen and oxygen atoms in total. The van der Waals surface area contributed by atoms with E-state index in [0.717, 1.165) is 42.3 Å². The fraction of sp³-hybridized carbons (Fsp3) is 0.588. The van der Waals surface area contributed by atoms with E-state index < -0.39 is 0 Å². The van der Waals surface area contributed by atoms with E-state index in [1.807, 2.05) is 31.3 Å². The number of anilines is 1. The quantitative estimate of drug-likeness (QED) is 0.731. The van der Waals surface area contributed by atoms with Crippen LogP contribution in [0, 0.1) is 5.92 Å². The second-order valence-electron chi connectivity index (χ2n) is 5.99. The van der Waals surface area contributed by atoms with Gasteiger partial charge in [-0.25, -0.2) is 0 Å². The summed E-state index contributed by atoms with van der Waals surface area (Å²) in [6.07, 6.45) is 4.35. The van der Waals surface area contributed by atoms with Crippen molar-refractivity contribution >= 4 is 39.9 Å². The summed E-state index contributed by atoms with van der Waals surface area (Å²) < 4.78 is 0.981. The van der Waals surface area contributed by atoms with E-state index in [4.69, 9.17) is 0 Å². The normalized spacial score (nSPS) is 15.9. The Morgan fingerprint density at radius 2 is 2.09 bits per heavy atom. The van der Waals surface area contributed by atoms with Crippen molar-refractivity contribution in [3.63, 3.8) is 0 Å². The molecule has 1 aromatic rings. The second-order valence-corrected chi connectivity index (χ2v) is 6.90. The average molecular weight is 405 g/mol. The topological polar surface area (TPSA) is 44.4 Å². The van der Waals surface area contributed by atoms with Crippen LogP contribution < -0.4 is 10.6 Å². The molecule has 0 spiro atoms. The number of carbonyl (C=O) groups is 1. The van der Waals surface area contributed by atoms with Crippen LogP contribution in [0.3, 0.4) is 0 Å². The zero-order valence-electron chi connectivity index (χ0n) is 13.7. The number of amides is 1. The highest BCUT2D eigenvalue weighted by molar-refractivity contribution is 9.10. The van der Waals surface area contributed by atoms with Gasteiger partial charge in [-0.1, -0.05) is 22.0 Å². The fourth-order valence-electron chi connectivity index (χ4n) is 2.90. The summed E-state index contributed by atoms with van der Waals surface area (Å²) in [5.74, 6) is 0.939. The van der Waals surface area contributed by atoms with Crippen molar-refractivity contribution in [2.45, 2.75) is 25.7 Å². The maximum atomic E-state index is 12.0. The third-order valence-corrected chi connectivity index (χ3v) is 4.77. The van der Waals surface area contributed by atoms with Crippen molar-refractivity contribution in [2.75, 3.05) is 38.5 Å². The second kappa shape index (κ2) is 11.0. The van der Waals surface area contributed by atoms with Gasteiger partial charge in [0.25, 0.3) is 0 Å². The van der Waals surface area contributed by atoms with E-state index in [1.54, 1.807) is 0 Å². The third-order valence-electron chi connectivity index (χ3n) is 4.27. The van der Waals surface area contributed by atoms with Crippen LogP contribution in [0.4, 0.5) is 5.69 Å². The Morgan fingerprint density at radius 3 is 2.74 bits per heavy atom. The molecule has 0 saturated carbocycles. The molecule has 130 valence electrons. The van der Waals surface area contributed by atoms with Crippen molar-refractivity contribution < 1.29 is 4.79 Å². The summed E-state index contributed by atoms with van der Waals surface area (Å²) in [6, 6.07) is 7.71. The smallest absolute Gasteiger partial charge is 0.225 e. The Labute approximate surface area is 153 Å². The predicted octanol–water partition coefficient (Wildman–Crippen LogP) is 3.52. The van der Waals surface area contributed by atoms with Crippen molar-refractivity contribution in [3.05, 3.63) is 28.7 Å². The number of nitrogens with one attached hydrogen (secondary N) is 2. The highest BCUT2D eigenvalue weighted by atomic mass is 79.9. The van der Waals surface area contributed by atoms with Crippen molar-refractivity contribution in [1.82, 2.24) is 10.2 Å². The molecule has 0 bridgehead atoms. The summed E-state index contributed by atoms with van der Waals surface area (Å²) in [7, 11) is 2.01. The molecule has 1 aliphatic heterocycles. The summed E-state index contributed by atoms with van der Waals surface area (Å²) in [5.41, 5.74) is 0.852. The van der Waals surface area contributed by atoms with E-state index in [2.05, 4.69) is 31.5 Å². The standard InChI is InChI=1S/C17H26BrN3O.ClH/c1-19-9-5-14-6-10-21(11-7-14)12-8-17(22)20-16-4-2-3-15(18)13-16;/h2-4,13-14,19H,5-12H2,1H3,(H,20,22);1H. The molecule has 1 amide bonds. The zero-order chi connectivity index (χ0) is 15.8. The van der Waals surface area contributed by atoms with Gasteiger partial charge < -0.3 is 15.5 Å². The Hall–Kier alpha value is -0.620. The van der Waals surface area contributed by atoms with Gasteiger partial charge in [-0.05, 0) is 70.1 Å². The lowest BCUT2D eigenvalue weighted by molar-refractivity contribution is -0.116. The lowest BCUT2D eigenvalue weighted by atomic mass is 9.93. The molecular weight excluding hydrogens is 378 g/mol.